The molecule has 3 rings (SSSR count). The summed E-state index contributed by atoms with van der Waals surface area (Å²) in [6, 6.07) is 5.40. The Hall–Kier alpha value is -2.34. The number of piperidine rings is 1. The number of anilines is 1. The molecule has 2 heterocycles. The number of amides is 2. The Morgan fingerprint density at radius 2 is 2.20 bits per heavy atom. The van der Waals surface area contributed by atoms with Crippen molar-refractivity contribution in [2.45, 2.75) is 25.4 Å². The highest BCUT2D eigenvalue weighted by Crippen LogP contribution is 2.38. The fourth-order valence-corrected chi connectivity index (χ4v) is 2.86. The van der Waals surface area contributed by atoms with Gasteiger partial charge < -0.3 is 10.3 Å². The van der Waals surface area contributed by atoms with Gasteiger partial charge in [0.25, 0.3) is 0 Å². The van der Waals surface area contributed by atoms with Gasteiger partial charge in [-0.25, -0.2) is 0 Å². The third-order valence-corrected chi connectivity index (χ3v) is 3.90. The smallest absolute Gasteiger partial charge is 0.249 e. The largest absolute Gasteiger partial charge is 0.355 e. The fourth-order valence-electron chi connectivity index (χ4n) is 2.86. The van der Waals surface area contributed by atoms with Crippen LogP contribution in [0, 0.1) is 0 Å². The van der Waals surface area contributed by atoms with Crippen molar-refractivity contribution in [1.29, 1.82) is 0 Å². The van der Waals surface area contributed by atoms with Gasteiger partial charge in [-0.15, -0.1) is 0 Å². The maximum Gasteiger partial charge on any atom is 0.249 e. The van der Waals surface area contributed by atoms with Crippen molar-refractivity contribution in [1.82, 2.24) is 10.2 Å². The van der Waals surface area contributed by atoms with Gasteiger partial charge in [-0.3, -0.25) is 20.7 Å². The van der Waals surface area contributed by atoms with Crippen LogP contribution in [0.4, 0.5) is 5.69 Å². The first kappa shape index (κ1) is 12.7. The van der Waals surface area contributed by atoms with Gasteiger partial charge in [-0.05, 0) is 12.5 Å². The first-order chi connectivity index (χ1) is 9.61. The average Bonchev–Trinajstić information content (AvgIpc) is 2.76. The quantitative estimate of drug-likeness (QED) is 0.416. The summed E-state index contributed by atoms with van der Waals surface area (Å²) in [6.45, 7) is 4.64. The van der Waals surface area contributed by atoms with Gasteiger partial charge >= 0.3 is 0 Å². The molecule has 0 bridgehead atoms. The summed E-state index contributed by atoms with van der Waals surface area (Å²) in [5, 5.41) is 2.38. The van der Waals surface area contributed by atoms with E-state index in [1.54, 1.807) is 0 Å². The molecular weight excluding hydrogens is 256 g/mol. The topological polar surface area (TPSA) is 87.5 Å². The Morgan fingerprint density at radius 3 is 2.90 bits per heavy atom. The normalized spacial score (nSPS) is 21.8. The van der Waals surface area contributed by atoms with E-state index in [1.807, 2.05) is 23.1 Å². The molecule has 104 valence electrons. The van der Waals surface area contributed by atoms with Crippen LogP contribution in [0.15, 0.2) is 24.8 Å². The zero-order valence-electron chi connectivity index (χ0n) is 11.0. The Kier molecular flexibility index (Phi) is 2.94. The molecule has 0 radical (unpaired) electrons. The van der Waals surface area contributed by atoms with Crippen LogP contribution >= 0.6 is 0 Å². The van der Waals surface area contributed by atoms with E-state index in [-0.39, 0.29) is 17.9 Å². The first-order valence-electron chi connectivity index (χ1n) is 6.50. The zero-order valence-corrected chi connectivity index (χ0v) is 11.0. The lowest BCUT2D eigenvalue weighted by atomic mass is 10.0. The molecule has 2 amide bonds. The Balaban J connectivity index is 1.90. The Morgan fingerprint density at radius 1 is 1.40 bits per heavy atom. The molecule has 2 aliphatic rings. The molecule has 6 nitrogen and oxygen atoms in total. The Labute approximate surface area is 116 Å². The van der Waals surface area contributed by atoms with Crippen LogP contribution in [-0.2, 0) is 16.1 Å². The number of nitrogens with zero attached hydrogens (tertiary/aromatic N) is 1. The van der Waals surface area contributed by atoms with E-state index in [0.717, 1.165) is 22.5 Å². The number of rotatable bonds is 2. The molecule has 0 saturated carbocycles. The van der Waals surface area contributed by atoms with Gasteiger partial charge in [0.2, 0.25) is 11.8 Å². The van der Waals surface area contributed by atoms with Gasteiger partial charge in [0.15, 0.2) is 0 Å². The van der Waals surface area contributed by atoms with Crippen molar-refractivity contribution in [2.75, 3.05) is 5.43 Å². The van der Waals surface area contributed by atoms with Crippen molar-refractivity contribution in [3.8, 4) is 0 Å². The van der Waals surface area contributed by atoms with Crippen molar-refractivity contribution in [2.24, 2.45) is 5.84 Å². The highest BCUT2D eigenvalue weighted by molar-refractivity contribution is 6.01. The summed E-state index contributed by atoms with van der Waals surface area (Å²) in [5.74, 6) is 5.05. The number of hydrogen-bond acceptors (Lipinski definition) is 5. The number of nitrogen functional groups attached to an aromatic ring is 1. The van der Waals surface area contributed by atoms with Crippen LogP contribution in [0.1, 0.15) is 24.0 Å². The molecule has 0 aliphatic carbocycles. The summed E-state index contributed by atoms with van der Waals surface area (Å²) in [6.07, 6.45) is 0.877. The van der Waals surface area contributed by atoms with Crippen molar-refractivity contribution < 1.29 is 9.59 Å². The molecule has 0 aromatic heterocycles. The van der Waals surface area contributed by atoms with Crippen molar-refractivity contribution in [3.63, 3.8) is 0 Å². The molecule has 1 aromatic carbocycles. The van der Waals surface area contributed by atoms with Gasteiger partial charge in [0.1, 0.15) is 6.04 Å². The first-order valence-corrected chi connectivity index (χ1v) is 6.50. The summed E-state index contributed by atoms with van der Waals surface area (Å²) in [5.41, 5.74) is 6.32. The molecule has 2 aliphatic heterocycles. The maximum atomic E-state index is 12.0. The van der Waals surface area contributed by atoms with Gasteiger partial charge in [0.05, 0.1) is 5.69 Å². The van der Waals surface area contributed by atoms with E-state index in [4.69, 9.17) is 5.84 Å². The fraction of sp³-hybridized carbons (Fsp3) is 0.286. The van der Waals surface area contributed by atoms with Crippen LogP contribution in [0.25, 0.3) is 5.70 Å². The number of carbonyl (C=O) groups excluding carboxylic acids is 2. The molecular formula is C14H16N4O2. The summed E-state index contributed by atoms with van der Waals surface area (Å²) in [4.78, 5) is 25.2. The van der Waals surface area contributed by atoms with E-state index >= 15 is 0 Å². The maximum absolute atomic E-state index is 12.0. The second kappa shape index (κ2) is 4.64. The highest BCUT2D eigenvalue weighted by atomic mass is 16.2. The lowest BCUT2D eigenvalue weighted by molar-refractivity contribution is -0.136. The monoisotopic (exact) mass is 272 g/mol. The standard InChI is InChI=1S/C14H16N4O2/c1-8-9-3-2-4-11(17-15)10(9)7-18(8)12-5-6-13(19)16-14(12)20/h2-4,12,17H,1,5-7,15H2,(H,16,19,20). The number of imide groups is 1. The van der Waals surface area contributed by atoms with E-state index in [9.17, 15) is 9.59 Å². The van der Waals surface area contributed by atoms with Crippen LogP contribution in [0.3, 0.4) is 0 Å². The number of nitrogens with one attached hydrogen (secondary N) is 2. The lowest BCUT2D eigenvalue weighted by Crippen LogP contribution is -2.50. The number of hydrogen-bond donors (Lipinski definition) is 3. The van der Waals surface area contributed by atoms with Crippen molar-refractivity contribution in [3.05, 3.63) is 35.9 Å². The molecule has 1 fully saturated rings. The molecule has 0 spiro atoms. The van der Waals surface area contributed by atoms with Crippen LogP contribution < -0.4 is 16.6 Å². The van der Waals surface area contributed by atoms with Crippen LogP contribution in [-0.4, -0.2) is 22.8 Å². The molecule has 4 N–H and O–H groups in total. The van der Waals surface area contributed by atoms with Crippen LogP contribution in [0.2, 0.25) is 0 Å². The molecule has 1 saturated heterocycles. The van der Waals surface area contributed by atoms with E-state index in [0.29, 0.717) is 19.4 Å². The number of benzene rings is 1. The summed E-state index contributed by atoms with van der Waals surface area (Å²) in [7, 11) is 0. The minimum atomic E-state index is -0.349. The van der Waals surface area contributed by atoms with E-state index in [2.05, 4.69) is 17.3 Å². The van der Waals surface area contributed by atoms with E-state index in [1.165, 1.54) is 0 Å². The van der Waals surface area contributed by atoms with Crippen molar-refractivity contribution >= 4 is 23.2 Å². The minimum absolute atomic E-state index is 0.210. The molecule has 6 heteroatoms. The van der Waals surface area contributed by atoms with Gasteiger partial charge in [-0.2, -0.15) is 0 Å². The molecule has 1 unspecified atom stereocenters. The number of fused-ring (bicyclic) bond motifs is 1. The summed E-state index contributed by atoms with van der Waals surface area (Å²) < 4.78 is 0. The lowest BCUT2D eigenvalue weighted by Gasteiger charge is -2.31. The predicted octanol–water partition coefficient (Wildman–Crippen LogP) is 0.564. The second-order valence-corrected chi connectivity index (χ2v) is 5.02. The van der Waals surface area contributed by atoms with Crippen LogP contribution in [0.5, 0.6) is 0 Å². The third-order valence-electron chi connectivity index (χ3n) is 3.90. The molecule has 20 heavy (non-hydrogen) atoms. The minimum Gasteiger partial charge on any atom is -0.355 e. The number of nitrogens with two attached hydrogens (primary N) is 1. The van der Waals surface area contributed by atoms with E-state index < -0.39 is 0 Å². The second-order valence-electron chi connectivity index (χ2n) is 5.02. The van der Waals surface area contributed by atoms with Gasteiger partial charge in [-0.1, -0.05) is 18.7 Å². The SMILES string of the molecule is C=C1c2cccc(NN)c2CN1C1CCC(=O)NC1=O. The van der Waals surface area contributed by atoms with Gasteiger partial charge in [0, 0.05) is 29.8 Å². The Bertz CT molecular complexity index is 611. The summed E-state index contributed by atoms with van der Waals surface area (Å²) >= 11 is 0. The number of carbonyl (C=O) groups is 2. The highest BCUT2D eigenvalue weighted by Gasteiger charge is 2.36. The number of hydrazine groups is 1. The predicted molar refractivity (Wildman–Crippen MR) is 75.0 cm³/mol. The average molecular weight is 272 g/mol. The third kappa shape index (κ3) is 1.85. The zero-order chi connectivity index (χ0) is 14.3. The molecule has 1 atom stereocenters. The molecule has 1 aromatic rings.